The van der Waals surface area contributed by atoms with Gasteiger partial charge in [0, 0.05) is 25.1 Å². The Balaban J connectivity index is 1.88. The molecular formula is C19H23NO. The lowest BCUT2D eigenvalue weighted by Crippen LogP contribution is -2.21. The van der Waals surface area contributed by atoms with Crippen molar-refractivity contribution in [2.75, 3.05) is 13.6 Å². The maximum atomic E-state index is 12.3. The molecule has 0 fully saturated rings. The first-order valence-electron chi connectivity index (χ1n) is 7.38. The standard InChI is InChI=1S/C19H23NO/c1-15-11-16(2)13-18(12-15)19(21)9-10-20(3)14-17-7-5-4-6-8-17/h4-8,11-13H,9-10,14H2,1-3H3. The molecule has 0 atom stereocenters. The fourth-order valence-corrected chi connectivity index (χ4v) is 2.55. The van der Waals surface area contributed by atoms with Crippen LogP contribution in [-0.4, -0.2) is 24.3 Å². The van der Waals surface area contributed by atoms with Crippen molar-refractivity contribution in [3.63, 3.8) is 0 Å². The number of carbonyl (C=O) groups excluding carboxylic acids is 1. The Labute approximate surface area is 127 Å². The van der Waals surface area contributed by atoms with Crippen LogP contribution in [-0.2, 0) is 6.54 Å². The van der Waals surface area contributed by atoms with Crippen molar-refractivity contribution in [2.45, 2.75) is 26.8 Å². The van der Waals surface area contributed by atoms with E-state index in [2.05, 4.69) is 30.1 Å². The molecule has 110 valence electrons. The summed E-state index contributed by atoms with van der Waals surface area (Å²) in [5.41, 5.74) is 4.41. The Morgan fingerprint density at radius 1 is 1.00 bits per heavy atom. The summed E-state index contributed by atoms with van der Waals surface area (Å²) in [5.74, 6) is 0.224. The van der Waals surface area contributed by atoms with Gasteiger partial charge < -0.3 is 4.90 Å². The van der Waals surface area contributed by atoms with Crippen LogP contribution in [0.25, 0.3) is 0 Å². The van der Waals surface area contributed by atoms with Crippen molar-refractivity contribution in [2.24, 2.45) is 0 Å². The Bertz CT molecular complexity index is 584. The van der Waals surface area contributed by atoms with Gasteiger partial charge in [0.05, 0.1) is 0 Å². The molecule has 0 unspecified atom stereocenters. The minimum Gasteiger partial charge on any atom is -0.302 e. The normalized spacial score (nSPS) is 10.9. The third kappa shape index (κ3) is 4.83. The number of hydrogen-bond acceptors (Lipinski definition) is 2. The van der Waals surface area contributed by atoms with E-state index in [1.165, 1.54) is 5.56 Å². The van der Waals surface area contributed by atoms with Gasteiger partial charge in [0.25, 0.3) is 0 Å². The number of ketones is 1. The average molecular weight is 281 g/mol. The highest BCUT2D eigenvalue weighted by molar-refractivity contribution is 5.96. The second-order valence-corrected chi connectivity index (χ2v) is 5.77. The van der Waals surface area contributed by atoms with Crippen molar-refractivity contribution in [1.82, 2.24) is 4.90 Å². The van der Waals surface area contributed by atoms with E-state index in [-0.39, 0.29) is 5.78 Å². The van der Waals surface area contributed by atoms with E-state index in [1.54, 1.807) is 0 Å². The molecule has 0 heterocycles. The van der Waals surface area contributed by atoms with Gasteiger partial charge in [-0.25, -0.2) is 0 Å². The second-order valence-electron chi connectivity index (χ2n) is 5.77. The number of hydrogen-bond donors (Lipinski definition) is 0. The Morgan fingerprint density at radius 3 is 2.24 bits per heavy atom. The molecular weight excluding hydrogens is 258 g/mol. The zero-order chi connectivity index (χ0) is 15.2. The molecule has 0 saturated carbocycles. The molecule has 0 saturated heterocycles. The zero-order valence-electron chi connectivity index (χ0n) is 13.1. The van der Waals surface area contributed by atoms with E-state index in [0.29, 0.717) is 6.42 Å². The third-order valence-electron chi connectivity index (χ3n) is 3.56. The predicted molar refractivity (Wildman–Crippen MR) is 87.6 cm³/mol. The molecule has 0 aliphatic carbocycles. The van der Waals surface area contributed by atoms with Gasteiger partial charge in [-0.15, -0.1) is 0 Å². The minimum absolute atomic E-state index is 0.224. The number of nitrogens with zero attached hydrogens (tertiary/aromatic N) is 1. The van der Waals surface area contributed by atoms with Crippen LogP contribution in [0.2, 0.25) is 0 Å². The van der Waals surface area contributed by atoms with Gasteiger partial charge in [-0.05, 0) is 38.6 Å². The molecule has 21 heavy (non-hydrogen) atoms. The number of carbonyl (C=O) groups is 1. The molecule has 0 spiro atoms. The van der Waals surface area contributed by atoms with E-state index >= 15 is 0 Å². The number of aryl methyl sites for hydroxylation is 2. The van der Waals surface area contributed by atoms with E-state index in [4.69, 9.17) is 0 Å². The van der Waals surface area contributed by atoms with E-state index < -0.39 is 0 Å². The topological polar surface area (TPSA) is 20.3 Å². The first-order valence-corrected chi connectivity index (χ1v) is 7.38. The molecule has 0 bridgehead atoms. The summed E-state index contributed by atoms with van der Waals surface area (Å²) in [7, 11) is 2.06. The zero-order valence-corrected chi connectivity index (χ0v) is 13.1. The number of benzene rings is 2. The third-order valence-corrected chi connectivity index (χ3v) is 3.56. The van der Waals surface area contributed by atoms with Crippen LogP contribution in [0.4, 0.5) is 0 Å². The van der Waals surface area contributed by atoms with Gasteiger partial charge in [0.15, 0.2) is 5.78 Å². The summed E-state index contributed by atoms with van der Waals surface area (Å²) in [6.07, 6.45) is 0.562. The fourth-order valence-electron chi connectivity index (χ4n) is 2.55. The SMILES string of the molecule is Cc1cc(C)cc(C(=O)CCN(C)Cc2ccccc2)c1. The predicted octanol–water partition coefficient (Wildman–Crippen LogP) is 4.01. The van der Waals surface area contributed by atoms with Crippen LogP contribution < -0.4 is 0 Å². The summed E-state index contributed by atoms with van der Waals surface area (Å²) < 4.78 is 0. The highest BCUT2D eigenvalue weighted by Crippen LogP contribution is 2.12. The Morgan fingerprint density at radius 2 is 1.62 bits per heavy atom. The van der Waals surface area contributed by atoms with E-state index in [9.17, 15) is 4.79 Å². The largest absolute Gasteiger partial charge is 0.302 e. The van der Waals surface area contributed by atoms with Gasteiger partial charge in [0.2, 0.25) is 0 Å². The molecule has 0 amide bonds. The molecule has 2 aromatic carbocycles. The highest BCUT2D eigenvalue weighted by atomic mass is 16.1. The lowest BCUT2D eigenvalue weighted by Gasteiger charge is -2.16. The monoisotopic (exact) mass is 281 g/mol. The molecule has 0 radical (unpaired) electrons. The van der Waals surface area contributed by atoms with E-state index in [1.807, 2.05) is 44.2 Å². The first-order chi connectivity index (χ1) is 10.0. The quantitative estimate of drug-likeness (QED) is 0.746. The smallest absolute Gasteiger partial charge is 0.164 e. The number of Topliss-reactive ketones (excluding diaryl/α,β-unsaturated/α-hetero) is 1. The summed E-state index contributed by atoms with van der Waals surface area (Å²) in [5, 5.41) is 0. The van der Waals surface area contributed by atoms with Crippen molar-refractivity contribution in [3.8, 4) is 0 Å². The van der Waals surface area contributed by atoms with Gasteiger partial charge in [-0.1, -0.05) is 47.5 Å². The molecule has 2 heteroatoms. The lowest BCUT2D eigenvalue weighted by molar-refractivity contribution is 0.0967. The van der Waals surface area contributed by atoms with Crippen LogP contribution >= 0.6 is 0 Å². The lowest BCUT2D eigenvalue weighted by atomic mass is 10.0. The Hall–Kier alpha value is -1.93. The van der Waals surface area contributed by atoms with Crippen LogP contribution in [0.15, 0.2) is 48.5 Å². The van der Waals surface area contributed by atoms with Crippen molar-refractivity contribution < 1.29 is 4.79 Å². The summed E-state index contributed by atoms with van der Waals surface area (Å²) >= 11 is 0. The van der Waals surface area contributed by atoms with Crippen LogP contribution in [0.1, 0.15) is 33.5 Å². The summed E-state index contributed by atoms with van der Waals surface area (Å²) in [6, 6.07) is 16.4. The molecule has 0 aromatic heterocycles. The minimum atomic E-state index is 0.224. The van der Waals surface area contributed by atoms with Crippen molar-refractivity contribution >= 4 is 5.78 Å². The summed E-state index contributed by atoms with van der Waals surface area (Å²) in [6.45, 7) is 5.72. The Kier molecular flexibility index (Phi) is 5.29. The highest BCUT2D eigenvalue weighted by Gasteiger charge is 2.09. The first kappa shape index (κ1) is 15.5. The second kappa shape index (κ2) is 7.19. The molecule has 0 N–H and O–H groups in total. The van der Waals surface area contributed by atoms with Crippen molar-refractivity contribution in [3.05, 3.63) is 70.8 Å². The molecule has 2 aromatic rings. The van der Waals surface area contributed by atoms with Gasteiger partial charge in [0.1, 0.15) is 0 Å². The molecule has 2 nitrogen and oxygen atoms in total. The van der Waals surface area contributed by atoms with Crippen LogP contribution in [0.5, 0.6) is 0 Å². The number of rotatable bonds is 6. The van der Waals surface area contributed by atoms with Crippen LogP contribution in [0, 0.1) is 13.8 Å². The van der Waals surface area contributed by atoms with Crippen molar-refractivity contribution in [1.29, 1.82) is 0 Å². The summed E-state index contributed by atoms with van der Waals surface area (Å²) in [4.78, 5) is 14.5. The fraction of sp³-hybridized carbons (Fsp3) is 0.316. The molecule has 2 rings (SSSR count). The van der Waals surface area contributed by atoms with E-state index in [0.717, 1.165) is 29.8 Å². The van der Waals surface area contributed by atoms with Gasteiger partial charge in [-0.2, -0.15) is 0 Å². The van der Waals surface area contributed by atoms with Gasteiger partial charge in [-0.3, -0.25) is 4.79 Å². The molecule has 0 aliphatic heterocycles. The maximum absolute atomic E-state index is 12.3. The van der Waals surface area contributed by atoms with Crippen LogP contribution in [0.3, 0.4) is 0 Å². The average Bonchev–Trinajstić information content (AvgIpc) is 2.45. The maximum Gasteiger partial charge on any atom is 0.164 e. The van der Waals surface area contributed by atoms with Gasteiger partial charge >= 0.3 is 0 Å². The molecule has 0 aliphatic rings.